The zero-order chi connectivity index (χ0) is 17.6. The molecule has 0 spiro atoms. The molecule has 0 radical (unpaired) electrons. The number of piperidine rings is 1. The molecule has 0 aromatic carbocycles. The molecule has 1 aliphatic rings. The number of rotatable bonds is 5. The number of nitrogens with one attached hydrogen (secondary N) is 2. The fourth-order valence-corrected chi connectivity index (χ4v) is 3.16. The molecule has 1 aliphatic heterocycles. The van der Waals surface area contributed by atoms with E-state index in [0.717, 1.165) is 31.5 Å². The minimum absolute atomic E-state index is 0. The fourth-order valence-electron chi connectivity index (χ4n) is 3.16. The van der Waals surface area contributed by atoms with Crippen LogP contribution in [0.4, 0.5) is 0 Å². The van der Waals surface area contributed by atoms with Gasteiger partial charge in [0.1, 0.15) is 11.3 Å². The third-order valence-electron chi connectivity index (χ3n) is 4.52. The molecule has 2 N–H and O–H groups in total. The van der Waals surface area contributed by atoms with Crippen molar-refractivity contribution in [1.82, 2.24) is 15.6 Å². The van der Waals surface area contributed by atoms with Crippen LogP contribution in [0.25, 0.3) is 0 Å². The predicted octanol–water partition coefficient (Wildman–Crippen LogP) is 2.63. The molecule has 1 unspecified atom stereocenters. The van der Waals surface area contributed by atoms with E-state index in [1.54, 1.807) is 19.3 Å². The summed E-state index contributed by atoms with van der Waals surface area (Å²) in [5.74, 6) is 0.480. The Balaban J connectivity index is 0.00000182. The standard InChI is InChI=1S/C19H23N3O3.2ClH/c1-13-10-16(15-5-3-8-21-12-15)25-19(24)17(13)18(23)22-9-6-14-4-2-7-20-11-14;;/h2,4,7,10-11,15,21H,3,5-6,8-9,12H2,1H3,(H,22,23);2*1H. The van der Waals surface area contributed by atoms with E-state index in [-0.39, 0.29) is 42.2 Å². The molecule has 1 amide bonds. The Bertz CT molecular complexity index is 791. The summed E-state index contributed by atoms with van der Waals surface area (Å²) >= 11 is 0. The summed E-state index contributed by atoms with van der Waals surface area (Å²) in [6.07, 6.45) is 6.19. The molecular formula is C19H25Cl2N3O3. The lowest BCUT2D eigenvalue weighted by molar-refractivity contribution is 0.0949. The normalized spacial score (nSPS) is 16.0. The van der Waals surface area contributed by atoms with E-state index >= 15 is 0 Å². The number of halogens is 2. The molecular weight excluding hydrogens is 389 g/mol. The zero-order valence-corrected chi connectivity index (χ0v) is 16.8. The van der Waals surface area contributed by atoms with Gasteiger partial charge in [0.15, 0.2) is 0 Å². The Morgan fingerprint density at radius 1 is 1.41 bits per heavy atom. The first kappa shape index (κ1) is 23.1. The zero-order valence-electron chi connectivity index (χ0n) is 15.2. The maximum Gasteiger partial charge on any atom is 0.349 e. The van der Waals surface area contributed by atoms with Crippen LogP contribution < -0.4 is 16.3 Å². The molecule has 3 heterocycles. The number of amides is 1. The Morgan fingerprint density at radius 3 is 2.85 bits per heavy atom. The van der Waals surface area contributed by atoms with E-state index in [9.17, 15) is 9.59 Å². The van der Waals surface area contributed by atoms with Crippen molar-refractivity contribution < 1.29 is 9.21 Å². The van der Waals surface area contributed by atoms with Crippen LogP contribution in [0.1, 0.15) is 46.0 Å². The molecule has 0 saturated carbocycles. The first-order valence-electron chi connectivity index (χ1n) is 8.67. The number of carbonyl (C=O) groups is 1. The number of hydrogen-bond acceptors (Lipinski definition) is 5. The molecule has 1 atom stereocenters. The van der Waals surface area contributed by atoms with Crippen LogP contribution in [0.15, 0.2) is 39.8 Å². The number of hydrogen-bond donors (Lipinski definition) is 2. The van der Waals surface area contributed by atoms with E-state index in [0.29, 0.717) is 24.3 Å². The quantitative estimate of drug-likeness (QED) is 0.786. The second kappa shape index (κ2) is 11.1. The monoisotopic (exact) mass is 413 g/mol. The van der Waals surface area contributed by atoms with Gasteiger partial charge in [0.25, 0.3) is 5.91 Å². The van der Waals surface area contributed by atoms with Crippen molar-refractivity contribution in [2.45, 2.75) is 32.1 Å². The lowest BCUT2D eigenvalue weighted by Crippen LogP contribution is -2.32. The van der Waals surface area contributed by atoms with Gasteiger partial charge in [-0.15, -0.1) is 24.8 Å². The highest BCUT2D eigenvalue weighted by Crippen LogP contribution is 2.23. The van der Waals surface area contributed by atoms with Gasteiger partial charge in [-0.1, -0.05) is 6.07 Å². The molecule has 6 nitrogen and oxygen atoms in total. The van der Waals surface area contributed by atoms with Crippen LogP contribution in [0.2, 0.25) is 0 Å². The Labute approximate surface area is 171 Å². The number of nitrogens with zero attached hydrogens (tertiary/aromatic N) is 1. The van der Waals surface area contributed by atoms with Crippen LogP contribution in [-0.2, 0) is 6.42 Å². The molecule has 3 rings (SSSR count). The Morgan fingerprint density at radius 2 is 2.22 bits per heavy atom. The highest BCUT2D eigenvalue weighted by Gasteiger charge is 2.22. The lowest BCUT2D eigenvalue weighted by Gasteiger charge is -2.22. The van der Waals surface area contributed by atoms with Crippen molar-refractivity contribution in [1.29, 1.82) is 0 Å². The van der Waals surface area contributed by atoms with E-state index in [1.807, 2.05) is 18.2 Å². The molecule has 0 bridgehead atoms. The summed E-state index contributed by atoms with van der Waals surface area (Å²) in [7, 11) is 0. The van der Waals surface area contributed by atoms with Crippen molar-refractivity contribution in [3.63, 3.8) is 0 Å². The third kappa shape index (κ3) is 6.06. The molecule has 27 heavy (non-hydrogen) atoms. The smallest absolute Gasteiger partial charge is 0.349 e. The molecule has 2 aromatic rings. The van der Waals surface area contributed by atoms with Crippen molar-refractivity contribution in [2.75, 3.05) is 19.6 Å². The summed E-state index contributed by atoms with van der Waals surface area (Å²) in [5.41, 5.74) is 1.24. The number of pyridine rings is 1. The topological polar surface area (TPSA) is 84.2 Å². The average molecular weight is 414 g/mol. The van der Waals surface area contributed by atoms with Gasteiger partial charge in [0, 0.05) is 31.4 Å². The van der Waals surface area contributed by atoms with Crippen LogP contribution in [0.3, 0.4) is 0 Å². The SMILES string of the molecule is Cc1cc(C2CCCNC2)oc(=O)c1C(=O)NCCc1cccnc1.Cl.Cl. The van der Waals surface area contributed by atoms with Gasteiger partial charge in [-0.2, -0.15) is 0 Å². The van der Waals surface area contributed by atoms with Gasteiger partial charge in [-0.05, 0) is 56.0 Å². The molecule has 2 aromatic heterocycles. The Hall–Kier alpha value is -1.89. The first-order chi connectivity index (χ1) is 12.1. The van der Waals surface area contributed by atoms with Crippen LogP contribution in [0, 0.1) is 6.92 Å². The average Bonchev–Trinajstić information content (AvgIpc) is 2.63. The maximum absolute atomic E-state index is 12.4. The minimum atomic E-state index is -0.556. The van der Waals surface area contributed by atoms with E-state index in [4.69, 9.17) is 4.42 Å². The number of carbonyl (C=O) groups excluding carboxylic acids is 1. The third-order valence-corrected chi connectivity index (χ3v) is 4.52. The van der Waals surface area contributed by atoms with Crippen molar-refractivity contribution >= 4 is 30.7 Å². The molecule has 1 fully saturated rings. The highest BCUT2D eigenvalue weighted by atomic mass is 35.5. The summed E-state index contributed by atoms with van der Waals surface area (Å²) in [5, 5.41) is 6.10. The van der Waals surface area contributed by atoms with Crippen LogP contribution in [-0.4, -0.2) is 30.5 Å². The van der Waals surface area contributed by atoms with Crippen molar-refractivity contribution in [2.24, 2.45) is 0 Å². The molecule has 8 heteroatoms. The first-order valence-corrected chi connectivity index (χ1v) is 8.67. The predicted molar refractivity (Wildman–Crippen MR) is 109 cm³/mol. The largest absolute Gasteiger partial charge is 0.427 e. The van der Waals surface area contributed by atoms with Gasteiger partial charge < -0.3 is 15.1 Å². The van der Waals surface area contributed by atoms with E-state index in [1.165, 1.54) is 0 Å². The number of aryl methyl sites for hydroxylation is 1. The maximum atomic E-state index is 12.4. The lowest BCUT2D eigenvalue weighted by atomic mass is 9.95. The second-order valence-corrected chi connectivity index (χ2v) is 6.40. The van der Waals surface area contributed by atoms with E-state index in [2.05, 4.69) is 15.6 Å². The molecule has 1 saturated heterocycles. The van der Waals surface area contributed by atoms with Crippen molar-refractivity contribution in [3.8, 4) is 0 Å². The summed E-state index contributed by atoms with van der Waals surface area (Å²) < 4.78 is 5.45. The summed E-state index contributed by atoms with van der Waals surface area (Å²) in [4.78, 5) is 28.7. The van der Waals surface area contributed by atoms with Gasteiger partial charge >= 0.3 is 5.63 Å². The van der Waals surface area contributed by atoms with Gasteiger partial charge in [-0.3, -0.25) is 9.78 Å². The van der Waals surface area contributed by atoms with Crippen LogP contribution >= 0.6 is 24.8 Å². The summed E-state index contributed by atoms with van der Waals surface area (Å²) in [6, 6.07) is 5.63. The van der Waals surface area contributed by atoms with Crippen LogP contribution in [0.5, 0.6) is 0 Å². The molecule has 148 valence electrons. The number of aromatic nitrogens is 1. The Kier molecular flexibility index (Phi) is 9.49. The second-order valence-electron chi connectivity index (χ2n) is 6.40. The van der Waals surface area contributed by atoms with Gasteiger partial charge in [0.2, 0.25) is 0 Å². The highest BCUT2D eigenvalue weighted by molar-refractivity contribution is 5.95. The minimum Gasteiger partial charge on any atom is -0.427 e. The summed E-state index contributed by atoms with van der Waals surface area (Å²) in [6.45, 7) is 4.03. The fraction of sp³-hybridized carbons (Fsp3) is 0.421. The van der Waals surface area contributed by atoms with Crippen molar-refractivity contribution in [3.05, 3.63) is 63.5 Å². The van der Waals surface area contributed by atoms with Gasteiger partial charge in [0.05, 0.1) is 0 Å². The molecule has 0 aliphatic carbocycles. The van der Waals surface area contributed by atoms with Gasteiger partial charge in [-0.25, -0.2) is 4.79 Å². The van der Waals surface area contributed by atoms with E-state index < -0.39 is 5.63 Å².